The standard InChI is InChI=1S/C27H37N5O2S/c1-6-28-26(33)29-20-7-10-22(11-8-20)35-31(5)21-9-12-24-23(17-21)30-25(27(2,3)4)32(24)18-19-13-15-34-16-14-19/h7-12,17,19H,6,13-16,18H2,1-5H3,(H2,28,29,33). The van der Waals surface area contributed by atoms with Crippen LogP contribution in [0.15, 0.2) is 47.4 Å². The topological polar surface area (TPSA) is 71.4 Å². The summed E-state index contributed by atoms with van der Waals surface area (Å²) >= 11 is 1.64. The lowest BCUT2D eigenvalue weighted by molar-refractivity contribution is 0.0611. The van der Waals surface area contributed by atoms with E-state index in [2.05, 4.69) is 65.5 Å². The summed E-state index contributed by atoms with van der Waals surface area (Å²) in [5.41, 5.74) is 4.07. The first-order valence-electron chi connectivity index (χ1n) is 12.4. The fraction of sp³-hybridized carbons (Fsp3) is 0.481. The first-order valence-corrected chi connectivity index (χ1v) is 13.2. The number of rotatable bonds is 7. The van der Waals surface area contributed by atoms with E-state index in [0.29, 0.717) is 12.5 Å². The zero-order valence-electron chi connectivity index (χ0n) is 21.4. The van der Waals surface area contributed by atoms with Crippen LogP contribution in [0.25, 0.3) is 11.0 Å². The van der Waals surface area contributed by atoms with Gasteiger partial charge >= 0.3 is 6.03 Å². The van der Waals surface area contributed by atoms with E-state index in [4.69, 9.17) is 9.72 Å². The molecule has 8 heteroatoms. The molecule has 2 aromatic carbocycles. The Kier molecular flexibility index (Phi) is 7.91. The molecule has 0 radical (unpaired) electrons. The van der Waals surface area contributed by atoms with Gasteiger partial charge in [-0.2, -0.15) is 0 Å². The number of carbonyl (C=O) groups excluding carboxylic acids is 1. The molecule has 1 fully saturated rings. The van der Waals surface area contributed by atoms with Gasteiger partial charge in [0.05, 0.1) is 11.0 Å². The molecule has 0 unspecified atom stereocenters. The number of hydrogen-bond acceptors (Lipinski definition) is 5. The molecule has 1 aromatic heterocycles. The number of aromatic nitrogens is 2. The normalized spacial score (nSPS) is 14.8. The maximum atomic E-state index is 11.7. The largest absolute Gasteiger partial charge is 0.381 e. The molecule has 2 amide bonds. The van der Waals surface area contributed by atoms with Crippen LogP contribution in [0, 0.1) is 5.92 Å². The summed E-state index contributed by atoms with van der Waals surface area (Å²) in [6.07, 6.45) is 2.22. The summed E-state index contributed by atoms with van der Waals surface area (Å²) in [5, 5.41) is 5.57. The Morgan fingerprint density at radius 2 is 1.89 bits per heavy atom. The highest BCUT2D eigenvalue weighted by Crippen LogP contribution is 2.33. The lowest BCUT2D eigenvalue weighted by Gasteiger charge is -2.26. The van der Waals surface area contributed by atoms with Crippen molar-refractivity contribution in [1.29, 1.82) is 0 Å². The molecule has 2 N–H and O–H groups in total. The Balaban J connectivity index is 1.52. The van der Waals surface area contributed by atoms with Crippen LogP contribution in [-0.2, 0) is 16.7 Å². The number of fused-ring (bicyclic) bond motifs is 1. The van der Waals surface area contributed by atoms with Crippen molar-refractivity contribution in [3.8, 4) is 0 Å². The predicted octanol–water partition coefficient (Wildman–Crippen LogP) is 6.05. The van der Waals surface area contributed by atoms with E-state index in [1.54, 1.807) is 11.9 Å². The average molecular weight is 496 g/mol. The second kappa shape index (κ2) is 10.9. The minimum absolute atomic E-state index is 0.0329. The van der Waals surface area contributed by atoms with Crippen molar-refractivity contribution in [2.75, 3.05) is 36.4 Å². The molecule has 3 aromatic rings. The average Bonchev–Trinajstić information content (AvgIpc) is 3.19. The molecule has 2 heterocycles. The van der Waals surface area contributed by atoms with Gasteiger partial charge in [-0.1, -0.05) is 20.8 Å². The zero-order chi connectivity index (χ0) is 25.0. The van der Waals surface area contributed by atoms with Crippen LogP contribution in [0.1, 0.15) is 46.4 Å². The summed E-state index contributed by atoms with van der Waals surface area (Å²) in [6.45, 7) is 11.9. The van der Waals surface area contributed by atoms with E-state index >= 15 is 0 Å². The van der Waals surface area contributed by atoms with Crippen LogP contribution in [0.5, 0.6) is 0 Å². The van der Waals surface area contributed by atoms with Crippen molar-refractivity contribution in [1.82, 2.24) is 14.9 Å². The molecule has 1 aliphatic rings. The zero-order valence-corrected chi connectivity index (χ0v) is 22.2. The van der Waals surface area contributed by atoms with Gasteiger partial charge in [-0.25, -0.2) is 9.78 Å². The van der Waals surface area contributed by atoms with E-state index in [-0.39, 0.29) is 11.4 Å². The van der Waals surface area contributed by atoms with Gasteiger partial charge in [-0.3, -0.25) is 0 Å². The predicted molar refractivity (Wildman–Crippen MR) is 145 cm³/mol. The van der Waals surface area contributed by atoms with Gasteiger partial charge in [0.2, 0.25) is 0 Å². The lowest BCUT2D eigenvalue weighted by Crippen LogP contribution is -2.28. The van der Waals surface area contributed by atoms with Crippen LogP contribution < -0.4 is 14.9 Å². The minimum atomic E-state index is -0.191. The number of imidazole rings is 1. The Bertz CT molecular complexity index is 1150. The smallest absolute Gasteiger partial charge is 0.319 e. The van der Waals surface area contributed by atoms with Crippen molar-refractivity contribution >= 4 is 40.4 Å². The van der Waals surface area contributed by atoms with Gasteiger partial charge in [-0.05, 0) is 80.1 Å². The molecule has 188 valence electrons. The van der Waals surface area contributed by atoms with E-state index in [1.165, 1.54) is 5.52 Å². The maximum absolute atomic E-state index is 11.7. The van der Waals surface area contributed by atoms with Gasteiger partial charge < -0.3 is 24.2 Å². The SMILES string of the molecule is CCNC(=O)Nc1ccc(SN(C)c2ccc3c(c2)nc(C(C)(C)C)n3CC2CCOCC2)cc1. The number of ether oxygens (including phenoxy) is 1. The van der Waals surface area contributed by atoms with Crippen molar-refractivity contribution in [3.63, 3.8) is 0 Å². The van der Waals surface area contributed by atoms with Crippen molar-refractivity contribution in [2.45, 2.75) is 57.4 Å². The molecular weight excluding hydrogens is 458 g/mol. The van der Waals surface area contributed by atoms with Gasteiger partial charge in [0, 0.05) is 55.0 Å². The Hall–Kier alpha value is -2.71. The van der Waals surface area contributed by atoms with Crippen molar-refractivity contribution < 1.29 is 9.53 Å². The Labute approximate surface area is 212 Å². The molecule has 0 bridgehead atoms. The van der Waals surface area contributed by atoms with Crippen LogP contribution >= 0.6 is 11.9 Å². The Morgan fingerprint density at radius 1 is 1.17 bits per heavy atom. The van der Waals surface area contributed by atoms with Gasteiger partial charge in [0.15, 0.2) is 0 Å². The number of nitrogens with one attached hydrogen (secondary N) is 2. The number of anilines is 2. The summed E-state index contributed by atoms with van der Waals surface area (Å²) in [5.74, 6) is 1.77. The minimum Gasteiger partial charge on any atom is -0.381 e. The fourth-order valence-corrected chi connectivity index (χ4v) is 5.20. The van der Waals surface area contributed by atoms with Crippen LogP contribution in [0.3, 0.4) is 0 Å². The third-order valence-corrected chi connectivity index (χ3v) is 7.21. The number of benzene rings is 2. The molecule has 0 atom stereocenters. The monoisotopic (exact) mass is 495 g/mol. The van der Waals surface area contributed by atoms with Gasteiger partial charge in [0.1, 0.15) is 5.82 Å². The van der Waals surface area contributed by atoms with E-state index in [0.717, 1.165) is 60.2 Å². The van der Waals surface area contributed by atoms with Gasteiger partial charge in [-0.15, -0.1) is 0 Å². The van der Waals surface area contributed by atoms with E-state index in [1.807, 2.05) is 31.2 Å². The summed E-state index contributed by atoms with van der Waals surface area (Å²) in [4.78, 5) is 17.9. The molecule has 7 nitrogen and oxygen atoms in total. The molecular formula is C27H37N5O2S. The lowest BCUT2D eigenvalue weighted by atomic mass is 9.94. The molecule has 1 saturated heterocycles. The highest BCUT2D eigenvalue weighted by molar-refractivity contribution is 8.00. The number of amides is 2. The highest BCUT2D eigenvalue weighted by atomic mass is 32.2. The maximum Gasteiger partial charge on any atom is 0.319 e. The fourth-order valence-electron chi connectivity index (χ4n) is 4.40. The van der Waals surface area contributed by atoms with Crippen LogP contribution in [-0.4, -0.2) is 42.4 Å². The van der Waals surface area contributed by atoms with Crippen molar-refractivity contribution in [2.24, 2.45) is 5.92 Å². The second-order valence-corrected chi connectivity index (χ2v) is 11.3. The summed E-state index contributed by atoms with van der Waals surface area (Å²) in [6, 6.07) is 14.2. The second-order valence-electron chi connectivity index (χ2n) is 10.1. The Morgan fingerprint density at radius 3 is 2.54 bits per heavy atom. The molecule has 0 spiro atoms. The first-order chi connectivity index (χ1) is 16.7. The number of urea groups is 1. The summed E-state index contributed by atoms with van der Waals surface area (Å²) < 4.78 is 10.2. The van der Waals surface area contributed by atoms with Crippen LogP contribution in [0.2, 0.25) is 0 Å². The number of hydrogen-bond donors (Lipinski definition) is 2. The molecule has 4 rings (SSSR count). The quantitative estimate of drug-likeness (QED) is 0.391. The molecule has 0 saturated carbocycles. The van der Waals surface area contributed by atoms with E-state index < -0.39 is 0 Å². The molecule has 0 aliphatic carbocycles. The van der Waals surface area contributed by atoms with Crippen LogP contribution in [0.4, 0.5) is 16.2 Å². The van der Waals surface area contributed by atoms with E-state index in [9.17, 15) is 4.79 Å². The number of carbonyl (C=O) groups is 1. The molecule has 1 aliphatic heterocycles. The summed E-state index contributed by atoms with van der Waals surface area (Å²) in [7, 11) is 2.07. The number of nitrogens with zero attached hydrogens (tertiary/aromatic N) is 3. The highest BCUT2D eigenvalue weighted by Gasteiger charge is 2.25. The van der Waals surface area contributed by atoms with Gasteiger partial charge in [0.25, 0.3) is 0 Å². The first kappa shape index (κ1) is 25.4. The third kappa shape index (κ3) is 6.30. The third-order valence-electron chi connectivity index (χ3n) is 6.24. The van der Waals surface area contributed by atoms with Crippen molar-refractivity contribution in [3.05, 3.63) is 48.3 Å². The molecule has 35 heavy (non-hydrogen) atoms.